The van der Waals surface area contributed by atoms with Crippen molar-refractivity contribution in [1.29, 1.82) is 0 Å². The summed E-state index contributed by atoms with van der Waals surface area (Å²) < 4.78 is 5.74. The highest BCUT2D eigenvalue weighted by Crippen LogP contribution is 2.23. The number of anilines is 1. The lowest BCUT2D eigenvalue weighted by molar-refractivity contribution is -0.142. The Kier molecular flexibility index (Phi) is 9.38. The number of carbonyl (C=O) groups is 3. The number of aliphatic hydroxyl groups is 1. The highest BCUT2D eigenvalue weighted by molar-refractivity contribution is 5.96. The van der Waals surface area contributed by atoms with E-state index >= 15 is 0 Å². The third-order valence-corrected chi connectivity index (χ3v) is 5.29. The Morgan fingerprint density at radius 3 is 1.97 bits per heavy atom. The van der Waals surface area contributed by atoms with E-state index in [1.165, 1.54) is 12.5 Å². The largest absolute Gasteiger partial charge is 0.457 e. The van der Waals surface area contributed by atoms with Crippen molar-refractivity contribution >= 4 is 23.4 Å². The number of rotatable bonds is 11. The van der Waals surface area contributed by atoms with Gasteiger partial charge in [-0.2, -0.15) is 0 Å². The highest BCUT2D eigenvalue weighted by Gasteiger charge is 2.34. The van der Waals surface area contributed by atoms with E-state index in [9.17, 15) is 19.5 Å². The minimum Gasteiger partial charge on any atom is -0.457 e. The Bertz CT molecular complexity index is 1140. The number of para-hydroxylation sites is 1. The second-order valence-electron chi connectivity index (χ2n) is 7.85. The third-order valence-electron chi connectivity index (χ3n) is 5.29. The van der Waals surface area contributed by atoms with Crippen molar-refractivity contribution in [3.8, 4) is 11.5 Å². The van der Waals surface area contributed by atoms with Crippen molar-refractivity contribution in [2.75, 3.05) is 12.4 Å². The van der Waals surface area contributed by atoms with Crippen LogP contribution in [0.4, 0.5) is 5.69 Å². The molecule has 3 unspecified atom stereocenters. The first-order valence-electron chi connectivity index (χ1n) is 11.2. The zero-order chi connectivity index (χ0) is 25.9. The van der Waals surface area contributed by atoms with Gasteiger partial charge in [-0.25, -0.2) is 5.48 Å². The first-order valence-corrected chi connectivity index (χ1v) is 11.2. The molecule has 0 aliphatic heterocycles. The number of ether oxygens (including phenoxy) is 1. The number of nitrogens with one attached hydrogen (secondary N) is 4. The average Bonchev–Trinajstić information content (AvgIpc) is 2.92. The van der Waals surface area contributed by atoms with Crippen LogP contribution in [-0.4, -0.2) is 53.3 Å². The number of amides is 3. The number of hydroxylamine groups is 1. The predicted molar refractivity (Wildman–Crippen MR) is 132 cm³/mol. The SMILES string of the molecule is CNC(=O)C(Cc1ccccc1)NC(=O)C(Nc1ccc(Oc2ccccc2)cc1)C(O)C(=O)NO. The molecule has 3 atom stereocenters. The van der Waals surface area contributed by atoms with Crippen molar-refractivity contribution < 1.29 is 29.4 Å². The smallest absolute Gasteiger partial charge is 0.274 e. The molecule has 0 saturated heterocycles. The number of benzene rings is 3. The van der Waals surface area contributed by atoms with Crippen LogP contribution in [0.2, 0.25) is 0 Å². The molecule has 0 radical (unpaired) electrons. The summed E-state index contributed by atoms with van der Waals surface area (Å²) >= 11 is 0. The first-order chi connectivity index (χ1) is 17.4. The Labute approximate surface area is 208 Å². The molecule has 0 saturated carbocycles. The molecule has 3 rings (SSSR count). The van der Waals surface area contributed by atoms with Crippen LogP contribution in [0.3, 0.4) is 0 Å². The number of carbonyl (C=O) groups excluding carboxylic acids is 3. The first kappa shape index (κ1) is 26.2. The van der Waals surface area contributed by atoms with Gasteiger partial charge >= 0.3 is 0 Å². The molecular weight excluding hydrogens is 464 g/mol. The lowest BCUT2D eigenvalue weighted by atomic mass is 10.0. The highest BCUT2D eigenvalue weighted by atomic mass is 16.5. The van der Waals surface area contributed by atoms with Crippen LogP contribution in [0, 0.1) is 0 Å². The normalized spacial score (nSPS) is 13.0. The summed E-state index contributed by atoms with van der Waals surface area (Å²) in [5.41, 5.74) is 2.53. The molecule has 0 aliphatic carbocycles. The van der Waals surface area contributed by atoms with Crippen molar-refractivity contribution in [3.05, 3.63) is 90.5 Å². The summed E-state index contributed by atoms with van der Waals surface area (Å²) in [7, 11) is 1.44. The number of hydrogen-bond acceptors (Lipinski definition) is 7. The lowest BCUT2D eigenvalue weighted by Crippen LogP contribution is -2.57. The number of likely N-dealkylation sites (N-methyl/N-ethyl adjacent to an activating group) is 1. The van der Waals surface area contributed by atoms with Crippen LogP contribution in [-0.2, 0) is 20.8 Å². The second-order valence-corrected chi connectivity index (χ2v) is 7.85. The number of aliphatic hydroxyl groups excluding tert-OH is 1. The molecule has 6 N–H and O–H groups in total. The van der Waals surface area contributed by atoms with Gasteiger partial charge in [0, 0.05) is 19.2 Å². The van der Waals surface area contributed by atoms with Gasteiger partial charge in [-0.15, -0.1) is 0 Å². The summed E-state index contributed by atoms with van der Waals surface area (Å²) in [6, 6.07) is 22.2. The lowest BCUT2D eigenvalue weighted by Gasteiger charge is -2.26. The van der Waals surface area contributed by atoms with Crippen LogP contribution < -0.4 is 26.2 Å². The Morgan fingerprint density at radius 2 is 1.39 bits per heavy atom. The van der Waals surface area contributed by atoms with Gasteiger partial charge in [0.05, 0.1) is 0 Å². The molecule has 0 aliphatic rings. The van der Waals surface area contributed by atoms with Gasteiger partial charge in [0.25, 0.3) is 5.91 Å². The number of hydrogen-bond donors (Lipinski definition) is 6. The predicted octanol–water partition coefficient (Wildman–Crippen LogP) is 1.60. The van der Waals surface area contributed by atoms with E-state index in [-0.39, 0.29) is 6.42 Å². The molecule has 10 heteroatoms. The summed E-state index contributed by atoms with van der Waals surface area (Å²) in [5.74, 6) is -1.28. The molecule has 3 amide bonds. The van der Waals surface area contributed by atoms with Crippen molar-refractivity contribution in [2.45, 2.75) is 24.6 Å². The van der Waals surface area contributed by atoms with E-state index in [2.05, 4.69) is 16.0 Å². The topological polar surface area (TPSA) is 149 Å². The minimum absolute atomic E-state index is 0.187. The van der Waals surface area contributed by atoms with E-state index in [0.717, 1.165) is 5.56 Å². The monoisotopic (exact) mass is 492 g/mol. The molecule has 0 aromatic heterocycles. The Hall–Kier alpha value is -4.41. The van der Waals surface area contributed by atoms with E-state index in [4.69, 9.17) is 9.94 Å². The maximum Gasteiger partial charge on any atom is 0.274 e. The summed E-state index contributed by atoms with van der Waals surface area (Å²) in [6.07, 6.45) is -1.77. The molecule has 10 nitrogen and oxygen atoms in total. The van der Waals surface area contributed by atoms with Gasteiger partial charge in [0.15, 0.2) is 6.10 Å². The van der Waals surface area contributed by atoms with E-state index < -0.39 is 35.9 Å². The Morgan fingerprint density at radius 1 is 0.806 bits per heavy atom. The quantitative estimate of drug-likeness (QED) is 0.176. The maximum absolute atomic E-state index is 13.1. The molecule has 36 heavy (non-hydrogen) atoms. The van der Waals surface area contributed by atoms with E-state index in [0.29, 0.717) is 17.2 Å². The van der Waals surface area contributed by atoms with Crippen LogP contribution in [0.5, 0.6) is 11.5 Å². The third kappa shape index (κ3) is 7.29. The molecule has 3 aromatic carbocycles. The second kappa shape index (κ2) is 12.9. The summed E-state index contributed by atoms with van der Waals surface area (Å²) in [5, 5.41) is 27.3. The van der Waals surface area contributed by atoms with E-state index in [1.54, 1.807) is 36.4 Å². The van der Waals surface area contributed by atoms with Crippen molar-refractivity contribution in [1.82, 2.24) is 16.1 Å². The summed E-state index contributed by atoms with van der Waals surface area (Å²) in [4.78, 5) is 37.5. The van der Waals surface area contributed by atoms with Gasteiger partial charge in [-0.1, -0.05) is 48.5 Å². The van der Waals surface area contributed by atoms with E-state index in [1.807, 2.05) is 48.5 Å². The summed E-state index contributed by atoms with van der Waals surface area (Å²) in [6.45, 7) is 0. The molecular formula is C26H28N4O6. The maximum atomic E-state index is 13.1. The molecule has 0 heterocycles. The zero-order valence-electron chi connectivity index (χ0n) is 19.5. The van der Waals surface area contributed by atoms with Crippen molar-refractivity contribution in [3.63, 3.8) is 0 Å². The molecule has 0 fully saturated rings. The van der Waals surface area contributed by atoms with Gasteiger partial charge in [-0.05, 0) is 42.0 Å². The van der Waals surface area contributed by atoms with Crippen LogP contribution in [0.25, 0.3) is 0 Å². The fourth-order valence-electron chi connectivity index (χ4n) is 3.42. The Balaban J connectivity index is 1.76. The van der Waals surface area contributed by atoms with Gasteiger partial charge in [0.1, 0.15) is 23.6 Å². The standard InChI is InChI=1S/C26H28N4O6/c1-27-24(32)21(16-17-8-4-2-5-9-17)29-25(33)22(23(31)26(34)30-35)28-18-12-14-20(15-13-18)36-19-10-6-3-7-11-19/h2-15,21-23,28,31,35H,16H2,1H3,(H,27,32)(H,29,33)(H,30,34). The van der Waals surface area contributed by atoms with Crippen LogP contribution >= 0.6 is 0 Å². The average molecular weight is 493 g/mol. The molecule has 0 bridgehead atoms. The van der Waals surface area contributed by atoms with Gasteiger partial charge in [-0.3, -0.25) is 19.6 Å². The molecule has 3 aromatic rings. The van der Waals surface area contributed by atoms with Crippen molar-refractivity contribution in [2.24, 2.45) is 0 Å². The fraction of sp³-hybridized carbons (Fsp3) is 0.192. The van der Waals surface area contributed by atoms with Gasteiger partial charge < -0.3 is 25.8 Å². The van der Waals surface area contributed by atoms with Gasteiger partial charge in [0.2, 0.25) is 11.8 Å². The van der Waals surface area contributed by atoms with Crippen LogP contribution in [0.15, 0.2) is 84.9 Å². The minimum atomic E-state index is -1.96. The molecule has 0 spiro atoms. The van der Waals surface area contributed by atoms with Crippen LogP contribution in [0.1, 0.15) is 5.56 Å². The molecule has 188 valence electrons. The zero-order valence-corrected chi connectivity index (χ0v) is 19.5. The fourth-order valence-corrected chi connectivity index (χ4v) is 3.42.